The molecule has 1 aromatic rings. The van der Waals surface area contributed by atoms with E-state index in [2.05, 4.69) is 19.1 Å². The number of methoxy groups -OCH3 is 1. The lowest BCUT2D eigenvalue weighted by atomic mass is 9.89. The minimum Gasteiger partial charge on any atom is -0.469 e. The maximum absolute atomic E-state index is 10.3. The van der Waals surface area contributed by atoms with E-state index in [0.717, 1.165) is 31.4 Å². The Kier molecular flexibility index (Phi) is 9.16. The van der Waals surface area contributed by atoms with Gasteiger partial charge in [0.05, 0.1) is 24.6 Å². The third kappa shape index (κ3) is 6.42. The van der Waals surface area contributed by atoms with Gasteiger partial charge in [0.15, 0.2) is 0 Å². The van der Waals surface area contributed by atoms with Gasteiger partial charge in [0.1, 0.15) is 5.76 Å². The zero-order valence-electron chi connectivity index (χ0n) is 16.1. The average molecular weight is 363 g/mol. The molecule has 1 aliphatic carbocycles. The Morgan fingerprint density at radius 3 is 2.85 bits per heavy atom. The summed E-state index contributed by atoms with van der Waals surface area (Å²) in [6.07, 6.45) is 15.5. The van der Waals surface area contributed by atoms with E-state index in [0.29, 0.717) is 6.42 Å². The van der Waals surface area contributed by atoms with Gasteiger partial charge in [0.2, 0.25) is 0 Å². The molecule has 0 aliphatic heterocycles. The van der Waals surface area contributed by atoms with Crippen LogP contribution in [0.1, 0.15) is 51.2 Å². The molecule has 1 aromatic heterocycles. The Balaban J connectivity index is 1.89. The molecule has 4 heteroatoms. The van der Waals surface area contributed by atoms with Crippen LogP contribution in [0, 0.1) is 11.8 Å². The maximum atomic E-state index is 10.3. The molecule has 1 fully saturated rings. The third-order valence-corrected chi connectivity index (χ3v) is 5.32. The molecule has 0 spiro atoms. The number of aryl methyl sites for hydroxylation is 1. The lowest BCUT2D eigenvalue weighted by molar-refractivity contribution is 0.120. The van der Waals surface area contributed by atoms with Gasteiger partial charge in [-0.2, -0.15) is 0 Å². The first-order valence-corrected chi connectivity index (χ1v) is 9.90. The van der Waals surface area contributed by atoms with Crippen LogP contribution in [0.15, 0.2) is 47.1 Å². The van der Waals surface area contributed by atoms with E-state index in [1.165, 1.54) is 12.8 Å². The fraction of sp³-hybridized carbons (Fsp3) is 0.636. The fourth-order valence-electron chi connectivity index (χ4n) is 3.68. The van der Waals surface area contributed by atoms with Crippen LogP contribution in [0.3, 0.4) is 0 Å². The number of hydrogen-bond donors (Lipinski definition) is 2. The minimum absolute atomic E-state index is 0.0224. The monoisotopic (exact) mass is 362 g/mol. The number of rotatable bonds is 11. The number of ether oxygens (including phenoxy) is 1. The summed E-state index contributed by atoms with van der Waals surface area (Å²) in [4.78, 5) is 0. The van der Waals surface area contributed by atoms with E-state index in [4.69, 9.17) is 9.15 Å². The predicted octanol–water partition coefficient (Wildman–Crippen LogP) is 4.28. The number of hydrogen-bond acceptors (Lipinski definition) is 4. The van der Waals surface area contributed by atoms with Crippen molar-refractivity contribution in [3.8, 4) is 0 Å². The number of aliphatic hydroxyl groups is 2. The number of aliphatic hydroxyl groups excluding tert-OH is 2. The van der Waals surface area contributed by atoms with Crippen molar-refractivity contribution in [3.05, 3.63) is 48.5 Å². The van der Waals surface area contributed by atoms with Gasteiger partial charge in [-0.1, -0.05) is 44.1 Å². The van der Waals surface area contributed by atoms with Crippen molar-refractivity contribution in [2.45, 2.75) is 70.2 Å². The van der Waals surface area contributed by atoms with Crippen LogP contribution in [0.5, 0.6) is 0 Å². The lowest BCUT2D eigenvalue weighted by Gasteiger charge is -2.20. The smallest absolute Gasteiger partial charge is 0.103 e. The molecule has 2 N–H and O–H groups in total. The second kappa shape index (κ2) is 11.4. The van der Waals surface area contributed by atoms with Crippen LogP contribution in [0.4, 0.5) is 0 Å². The highest BCUT2D eigenvalue weighted by molar-refractivity contribution is 5.07. The third-order valence-electron chi connectivity index (χ3n) is 5.32. The van der Waals surface area contributed by atoms with E-state index in [9.17, 15) is 10.2 Å². The van der Waals surface area contributed by atoms with Crippen LogP contribution < -0.4 is 0 Å². The Labute approximate surface area is 157 Å². The molecule has 0 amide bonds. The van der Waals surface area contributed by atoms with Crippen LogP contribution >= 0.6 is 0 Å². The summed E-state index contributed by atoms with van der Waals surface area (Å²) in [5.74, 6) is 0.996. The van der Waals surface area contributed by atoms with Crippen molar-refractivity contribution in [2.75, 3.05) is 7.11 Å². The molecule has 5 atom stereocenters. The molecule has 0 bridgehead atoms. The van der Waals surface area contributed by atoms with Crippen molar-refractivity contribution >= 4 is 0 Å². The molecule has 1 aliphatic rings. The topological polar surface area (TPSA) is 62.8 Å². The molecule has 0 unspecified atom stereocenters. The Morgan fingerprint density at radius 2 is 2.15 bits per heavy atom. The fourth-order valence-corrected chi connectivity index (χ4v) is 3.68. The number of furan rings is 1. The first-order valence-electron chi connectivity index (χ1n) is 9.90. The molecule has 4 nitrogen and oxygen atoms in total. The van der Waals surface area contributed by atoms with Crippen LogP contribution in [-0.2, 0) is 11.2 Å². The zero-order chi connectivity index (χ0) is 18.8. The average Bonchev–Trinajstić information content (AvgIpc) is 3.24. The summed E-state index contributed by atoms with van der Waals surface area (Å²) in [7, 11) is 1.70. The first kappa shape index (κ1) is 20.9. The van der Waals surface area contributed by atoms with E-state index < -0.39 is 12.2 Å². The van der Waals surface area contributed by atoms with E-state index in [1.54, 1.807) is 13.4 Å². The Hall–Kier alpha value is -1.36. The van der Waals surface area contributed by atoms with E-state index in [-0.39, 0.29) is 17.9 Å². The molecule has 26 heavy (non-hydrogen) atoms. The highest BCUT2D eigenvalue weighted by Gasteiger charge is 2.39. The number of allylic oxidation sites excluding steroid dienone is 2. The molecule has 0 aromatic carbocycles. The summed E-state index contributed by atoms with van der Waals surface area (Å²) in [5.41, 5.74) is 0. The van der Waals surface area contributed by atoms with Gasteiger partial charge < -0.3 is 19.4 Å². The second-order valence-electron chi connectivity index (χ2n) is 7.24. The molecule has 0 radical (unpaired) electrons. The Morgan fingerprint density at radius 1 is 1.31 bits per heavy atom. The van der Waals surface area contributed by atoms with Crippen LogP contribution in [0.2, 0.25) is 0 Å². The highest BCUT2D eigenvalue weighted by atomic mass is 16.5. The van der Waals surface area contributed by atoms with Gasteiger partial charge in [-0.3, -0.25) is 0 Å². The molecule has 1 saturated carbocycles. The summed E-state index contributed by atoms with van der Waals surface area (Å²) < 4.78 is 10.9. The van der Waals surface area contributed by atoms with Crippen molar-refractivity contribution in [3.63, 3.8) is 0 Å². The molecule has 2 rings (SSSR count). The highest BCUT2D eigenvalue weighted by Crippen LogP contribution is 2.36. The SMILES string of the molecule is CCCC/C=C\C[C@@H]1[C@@H](/C=C/[C@@H](CCc2ccco2)OC)[C@H](O)C[C@@H]1O. The van der Waals surface area contributed by atoms with Gasteiger partial charge in [-0.25, -0.2) is 0 Å². The predicted molar refractivity (Wildman–Crippen MR) is 104 cm³/mol. The van der Waals surface area contributed by atoms with Gasteiger partial charge >= 0.3 is 0 Å². The molecule has 146 valence electrons. The van der Waals surface area contributed by atoms with Gasteiger partial charge in [0, 0.05) is 25.9 Å². The summed E-state index contributed by atoms with van der Waals surface area (Å²) in [6.45, 7) is 2.18. The van der Waals surface area contributed by atoms with Gasteiger partial charge in [-0.15, -0.1) is 0 Å². The summed E-state index contributed by atoms with van der Waals surface area (Å²) in [6, 6.07) is 3.86. The standard InChI is InChI=1S/C22H34O4/c1-3-4-5-6-7-10-19-20(22(24)16-21(19)23)14-13-17(25-2)11-12-18-9-8-15-26-18/h6-9,13-15,17,19-24H,3-5,10-12,16H2,1-2H3/b7-6-,14-13+/t17-,19-,20-,21+,22-/m1/s1. The number of unbranched alkanes of at least 4 members (excludes halogenated alkanes) is 2. The van der Waals surface area contributed by atoms with Crippen molar-refractivity contribution in [1.82, 2.24) is 0 Å². The van der Waals surface area contributed by atoms with Gasteiger partial charge in [-0.05, 0) is 37.3 Å². The van der Waals surface area contributed by atoms with Crippen LogP contribution in [-0.4, -0.2) is 35.6 Å². The maximum Gasteiger partial charge on any atom is 0.103 e. The van der Waals surface area contributed by atoms with E-state index >= 15 is 0 Å². The normalized spacial score (nSPS) is 27.7. The molecule has 1 heterocycles. The first-order chi connectivity index (χ1) is 12.7. The molecular formula is C22H34O4. The molecular weight excluding hydrogens is 328 g/mol. The van der Waals surface area contributed by atoms with Crippen molar-refractivity contribution < 1.29 is 19.4 Å². The largest absolute Gasteiger partial charge is 0.469 e. The van der Waals surface area contributed by atoms with Crippen molar-refractivity contribution in [1.29, 1.82) is 0 Å². The zero-order valence-corrected chi connectivity index (χ0v) is 16.1. The van der Waals surface area contributed by atoms with E-state index in [1.807, 2.05) is 24.3 Å². The summed E-state index contributed by atoms with van der Waals surface area (Å²) >= 11 is 0. The molecule has 0 saturated heterocycles. The van der Waals surface area contributed by atoms with Gasteiger partial charge in [0.25, 0.3) is 0 Å². The van der Waals surface area contributed by atoms with Crippen LogP contribution in [0.25, 0.3) is 0 Å². The second-order valence-corrected chi connectivity index (χ2v) is 7.24. The summed E-state index contributed by atoms with van der Waals surface area (Å²) in [5, 5.41) is 20.7. The van der Waals surface area contributed by atoms with Crippen molar-refractivity contribution in [2.24, 2.45) is 11.8 Å². The minimum atomic E-state index is -0.488. The lowest BCUT2D eigenvalue weighted by Crippen LogP contribution is -2.20. The quantitative estimate of drug-likeness (QED) is 0.456. The Bertz CT molecular complexity index is 534.